The van der Waals surface area contributed by atoms with E-state index in [1.54, 1.807) is 44.2 Å². The van der Waals surface area contributed by atoms with Crippen LogP contribution in [0.1, 0.15) is 37.9 Å². The van der Waals surface area contributed by atoms with Crippen LogP contribution in [0.3, 0.4) is 0 Å². The predicted octanol–water partition coefficient (Wildman–Crippen LogP) is 2.74. The molecule has 10 heteroatoms. The fourth-order valence-corrected chi connectivity index (χ4v) is 5.19. The number of esters is 2. The molecule has 2 heterocycles. The zero-order valence-electron chi connectivity index (χ0n) is 21.1. The van der Waals surface area contributed by atoms with Crippen molar-refractivity contribution >= 4 is 29.4 Å². The molecular formula is C27H26N2O7S. The maximum atomic E-state index is 13.8. The van der Waals surface area contributed by atoms with Gasteiger partial charge >= 0.3 is 11.9 Å². The van der Waals surface area contributed by atoms with Crippen LogP contribution in [0.25, 0.3) is 6.08 Å². The first-order valence-corrected chi connectivity index (χ1v) is 12.3. The van der Waals surface area contributed by atoms with Crippen molar-refractivity contribution in [2.75, 3.05) is 20.8 Å². The van der Waals surface area contributed by atoms with Gasteiger partial charge in [0, 0.05) is 12.5 Å². The van der Waals surface area contributed by atoms with E-state index in [-0.39, 0.29) is 23.5 Å². The van der Waals surface area contributed by atoms with E-state index in [9.17, 15) is 14.4 Å². The van der Waals surface area contributed by atoms with Crippen molar-refractivity contribution in [1.29, 1.82) is 0 Å². The number of aromatic nitrogens is 1. The highest BCUT2D eigenvalue weighted by Crippen LogP contribution is 2.35. The molecule has 3 aromatic rings. The number of ether oxygens (including phenoxy) is 4. The number of benzene rings is 2. The molecule has 0 radical (unpaired) electrons. The highest BCUT2D eigenvalue weighted by molar-refractivity contribution is 7.07. The minimum Gasteiger partial charge on any atom is -0.496 e. The summed E-state index contributed by atoms with van der Waals surface area (Å²) in [6.45, 7) is 4.94. The van der Waals surface area contributed by atoms with Crippen LogP contribution < -0.4 is 29.1 Å². The summed E-state index contributed by atoms with van der Waals surface area (Å²) < 4.78 is 23.3. The molecule has 4 rings (SSSR count). The van der Waals surface area contributed by atoms with Crippen LogP contribution >= 0.6 is 11.3 Å². The van der Waals surface area contributed by atoms with Crippen LogP contribution in [0.15, 0.2) is 63.5 Å². The number of thiazole rings is 1. The molecule has 37 heavy (non-hydrogen) atoms. The number of hydrogen-bond acceptors (Lipinski definition) is 9. The van der Waals surface area contributed by atoms with Gasteiger partial charge in [-0.05, 0) is 43.7 Å². The largest absolute Gasteiger partial charge is 0.496 e. The quantitative estimate of drug-likeness (QED) is 0.347. The summed E-state index contributed by atoms with van der Waals surface area (Å²) in [6.07, 6.45) is 1.70. The van der Waals surface area contributed by atoms with E-state index in [1.165, 1.54) is 37.0 Å². The first kappa shape index (κ1) is 25.9. The van der Waals surface area contributed by atoms with E-state index in [0.717, 1.165) is 0 Å². The number of nitrogens with zero attached hydrogens (tertiary/aromatic N) is 2. The Morgan fingerprint density at radius 1 is 1.08 bits per heavy atom. The Hall–Kier alpha value is -4.18. The summed E-state index contributed by atoms with van der Waals surface area (Å²) in [4.78, 5) is 43.2. The number of carbonyl (C=O) groups excluding carboxylic acids is 2. The maximum Gasteiger partial charge on any atom is 0.338 e. The normalized spacial score (nSPS) is 15.1. The average Bonchev–Trinajstić information content (AvgIpc) is 3.17. The zero-order chi connectivity index (χ0) is 26.7. The third-order valence-electron chi connectivity index (χ3n) is 5.69. The third kappa shape index (κ3) is 5.05. The lowest BCUT2D eigenvalue weighted by Gasteiger charge is -2.25. The van der Waals surface area contributed by atoms with Gasteiger partial charge in [-0.3, -0.25) is 14.2 Å². The van der Waals surface area contributed by atoms with Crippen molar-refractivity contribution in [3.63, 3.8) is 0 Å². The molecule has 2 aromatic carbocycles. The molecule has 0 saturated carbocycles. The summed E-state index contributed by atoms with van der Waals surface area (Å²) in [5.74, 6) is 0.149. The van der Waals surface area contributed by atoms with Crippen molar-refractivity contribution in [2.24, 2.45) is 4.99 Å². The summed E-state index contributed by atoms with van der Waals surface area (Å²) in [6, 6.07) is 11.4. The molecule has 1 aliphatic heterocycles. The fraction of sp³-hybridized carbons (Fsp3) is 0.259. The van der Waals surface area contributed by atoms with Gasteiger partial charge in [-0.2, -0.15) is 0 Å². The summed E-state index contributed by atoms with van der Waals surface area (Å²) in [5, 5.41) is 0. The van der Waals surface area contributed by atoms with Crippen molar-refractivity contribution in [3.8, 4) is 17.2 Å². The molecule has 0 fully saturated rings. The van der Waals surface area contributed by atoms with Crippen LogP contribution in [-0.2, 0) is 14.3 Å². The first-order valence-electron chi connectivity index (χ1n) is 11.5. The zero-order valence-corrected chi connectivity index (χ0v) is 21.9. The van der Waals surface area contributed by atoms with E-state index in [1.807, 2.05) is 18.2 Å². The van der Waals surface area contributed by atoms with Crippen LogP contribution in [0.5, 0.6) is 17.2 Å². The standard InChI is InChI=1S/C27H26N2O7S/c1-6-35-26(32)23-15(2)28-27-29(24(23)18-9-7-8-10-19(18)33-4)25(31)22(37-27)14-17-11-12-20(36-16(3)30)21(13-17)34-5/h7-14,24H,6H2,1-5H3/b22-14-/t24-/m0/s1. The molecule has 192 valence electrons. The Morgan fingerprint density at radius 3 is 2.49 bits per heavy atom. The van der Waals surface area contributed by atoms with Gasteiger partial charge in [0.1, 0.15) is 11.8 Å². The number of para-hydroxylation sites is 1. The Morgan fingerprint density at radius 2 is 1.81 bits per heavy atom. The van der Waals surface area contributed by atoms with E-state index in [2.05, 4.69) is 4.99 Å². The minimum absolute atomic E-state index is 0.184. The van der Waals surface area contributed by atoms with E-state index in [0.29, 0.717) is 37.7 Å². The monoisotopic (exact) mass is 522 g/mol. The molecule has 0 bridgehead atoms. The number of rotatable bonds is 7. The second kappa shape index (κ2) is 10.8. The number of allylic oxidation sites excluding steroid dienone is 1. The van der Waals surface area contributed by atoms with Crippen molar-refractivity contribution in [2.45, 2.75) is 26.8 Å². The maximum absolute atomic E-state index is 13.8. The Balaban J connectivity index is 1.92. The number of carbonyl (C=O) groups is 2. The lowest BCUT2D eigenvalue weighted by molar-refractivity contribution is -0.139. The van der Waals surface area contributed by atoms with Gasteiger partial charge in [0.25, 0.3) is 5.56 Å². The van der Waals surface area contributed by atoms with Gasteiger partial charge in [-0.1, -0.05) is 35.6 Å². The second-order valence-electron chi connectivity index (χ2n) is 8.05. The van der Waals surface area contributed by atoms with Gasteiger partial charge in [0.15, 0.2) is 16.3 Å². The Kier molecular flexibility index (Phi) is 7.58. The van der Waals surface area contributed by atoms with Crippen LogP contribution in [0, 0.1) is 0 Å². The summed E-state index contributed by atoms with van der Waals surface area (Å²) in [5.41, 5.74) is 1.72. The van der Waals surface area contributed by atoms with Gasteiger partial charge in [-0.15, -0.1) is 0 Å². The van der Waals surface area contributed by atoms with Crippen LogP contribution in [0.2, 0.25) is 0 Å². The predicted molar refractivity (Wildman–Crippen MR) is 138 cm³/mol. The molecule has 1 aliphatic rings. The van der Waals surface area contributed by atoms with E-state index >= 15 is 0 Å². The minimum atomic E-state index is -0.783. The highest BCUT2D eigenvalue weighted by atomic mass is 32.1. The summed E-state index contributed by atoms with van der Waals surface area (Å²) in [7, 11) is 3.00. The first-order chi connectivity index (χ1) is 17.8. The molecule has 9 nitrogen and oxygen atoms in total. The van der Waals surface area contributed by atoms with E-state index in [4.69, 9.17) is 18.9 Å². The van der Waals surface area contributed by atoms with Gasteiger partial charge in [0.2, 0.25) is 0 Å². The topological polar surface area (TPSA) is 105 Å². The number of hydrogen-bond donors (Lipinski definition) is 0. The molecule has 0 aliphatic carbocycles. The fourth-order valence-electron chi connectivity index (χ4n) is 4.14. The second-order valence-corrected chi connectivity index (χ2v) is 9.06. The van der Waals surface area contributed by atoms with Crippen molar-refractivity contribution in [3.05, 3.63) is 84.5 Å². The van der Waals surface area contributed by atoms with Gasteiger partial charge in [-0.25, -0.2) is 9.79 Å². The average molecular weight is 523 g/mol. The van der Waals surface area contributed by atoms with Gasteiger partial charge < -0.3 is 18.9 Å². The Bertz CT molecular complexity index is 1580. The Labute approximate surface area is 216 Å². The lowest BCUT2D eigenvalue weighted by Crippen LogP contribution is -2.40. The molecule has 1 atom stereocenters. The molecule has 0 spiro atoms. The lowest BCUT2D eigenvalue weighted by atomic mass is 9.95. The highest BCUT2D eigenvalue weighted by Gasteiger charge is 2.34. The van der Waals surface area contributed by atoms with Crippen molar-refractivity contribution < 1.29 is 28.5 Å². The smallest absolute Gasteiger partial charge is 0.338 e. The summed E-state index contributed by atoms with van der Waals surface area (Å²) >= 11 is 1.20. The van der Waals surface area contributed by atoms with E-state index < -0.39 is 18.0 Å². The van der Waals surface area contributed by atoms with Crippen LogP contribution in [-0.4, -0.2) is 37.3 Å². The van der Waals surface area contributed by atoms with Crippen molar-refractivity contribution in [1.82, 2.24) is 4.57 Å². The molecule has 0 saturated heterocycles. The number of methoxy groups -OCH3 is 2. The SMILES string of the molecule is CCOC(=O)C1=C(C)N=c2s/c(=C\c3ccc(OC(C)=O)c(OC)c3)c(=O)n2[C@H]1c1ccccc1OC. The molecule has 0 N–H and O–H groups in total. The molecule has 0 amide bonds. The number of fused-ring (bicyclic) bond motifs is 1. The molecule has 0 unspecified atom stereocenters. The van der Waals surface area contributed by atoms with Crippen LogP contribution in [0.4, 0.5) is 0 Å². The van der Waals surface area contributed by atoms with Gasteiger partial charge in [0.05, 0.1) is 36.6 Å². The molecular weight excluding hydrogens is 496 g/mol. The third-order valence-corrected chi connectivity index (χ3v) is 6.67. The molecule has 1 aromatic heterocycles.